The summed E-state index contributed by atoms with van der Waals surface area (Å²) in [6.45, 7) is 0.266. The van der Waals surface area contributed by atoms with Crippen LogP contribution in [0.5, 0.6) is 0 Å². The van der Waals surface area contributed by atoms with E-state index in [-0.39, 0.29) is 22.8 Å². The summed E-state index contributed by atoms with van der Waals surface area (Å²) < 4.78 is 38.8. The van der Waals surface area contributed by atoms with E-state index in [2.05, 4.69) is 9.97 Å². The van der Waals surface area contributed by atoms with Gasteiger partial charge in [0.25, 0.3) is 5.92 Å². The fraction of sp³-hybridized carbons (Fsp3) is 0.400. The minimum absolute atomic E-state index is 0.0509. The largest absolute Gasteiger partial charge is 0.495 e. The van der Waals surface area contributed by atoms with E-state index in [1.54, 1.807) is 0 Å². The van der Waals surface area contributed by atoms with Crippen LogP contribution in [0, 0.1) is 0 Å². The maximum Gasteiger partial charge on any atom is 0.258 e. The van der Waals surface area contributed by atoms with Crippen LogP contribution in [0.2, 0.25) is 0 Å². The minimum Gasteiger partial charge on any atom is -0.495 e. The molecular weight excluding hydrogens is 358 g/mol. The lowest BCUT2D eigenvalue weighted by molar-refractivity contribution is 0.00153. The third kappa shape index (κ3) is 3.38. The zero-order valence-corrected chi connectivity index (χ0v) is 14.6. The monoisotopic (exact) mass is 372 g/mol. The zero-order chi connectivity index (χ0) is 17.3. The Labute approximate surface area is 145 Å². The van der Waals surface area contributed by atoms with E-state index in [9.17, 15) is 13.6 Å². The molecule has 2 aromatic heterocycles. The second-order valence-electron chi connectivity index (χ2n) is 5.22. The molecule has 3 rings (SSSR count). The molecule has 0 aliphatic carbocycles. The molecule has 2 aromatic rings. The molecule has 0 spiro atoms. The van der Waals surface area contributed by atoms with Crippen molar-refractivity contribution in [1.82, 2.24) is 9.97 Å². The average Bonchev–Trinajstić information content (AvgIpc) is 3.15. The average molecular weight is 372 g/mol. The van der Waals surface area contributed by atoms with Crippen molar-refractivity contribution in [2.24, 2.45) is 0 Å². The number of halogens is 2. The van der Waals surface area contributed by atoms with Gasteiger partial charge in [-0.2, -0.15) is 0 Å². The number of aromatic nitrogens is 2. The molecule has 0 aromatic carbocycles. The molecule has 0 fully saturated rings. The van der Waals surface area contributed by atoms with Crippen molar-refractivity contribution in [3.63, 3.8) is 0 Å². The van der Waals surface area contributed by atoms with Crippen LogP contribution in [-0.4, -0.2) is 35.9 Å². The third-order valence-electron chi connectivity index (χ3n) is 3.42. The topological polar surface area (TPSA) is 61.3 Å². The van der Waals surface area contributed by atoms with Crippen LogP contribution < -0.4 is 0 Å². The van der Waals surface area contributed by atoms with E-state index < -0.39 is 24.5 Å². The minimum atomic E-state index is -3.07. The quantitative estimate of drug-likeness (QED) is 0.751. The molecule has 9 heteroatoms. The predicted molar refractivity (Wildman–Crippen MR) is 86.5 cm³/mol. The van der Waals surface area contributed by atoms with Gasteiger partial charge in [0.2, 0.25) is 5.78 Å². The first kappa shape index (κ1) is 17.1. The molecule has 0 N–H and O–H groups in total. The number of allylic oxidation sites excluding steroid dienone is 1. The van der Waals surface area contributed by atoms with E-state index in [0.717, 1.165) is 22.7 Å². The fourth-order valence-corrected chi connectivity index (χ4v) is 4.33. The van der Waals surface area contributed by atoms with Gasteiger partial charge in [-0.1, -0.05) is 0 Å². The molecule has 0 radical (unpaired) electrons. The summed E-state index contributed by atoms with van der Waals surface area (Å²) >= 11 is 2.24. The highest BCUT2D eigenvalue weighted by molar-refractivity contribution is 7.14. The Bertz CT molecular complexity index is 798. The molecule has 1 aliphatic heterocycles. The maximum absolute atomic E-state index is 14.3. The Morgan fingerprint density at radius 2 is 2.04 bits per heavy atom. The summed E-state index contributed by atoms with van der Waals surface area (Å²) in [5.74, 6) is -3.40. The first-order chi connectivity index (χ1) is 11.4. The third-order valence-corrected chi connectivity index (χ3v) is 5.39. The molecule has 24 heavy (non-hydrogen) atoms. The lowest BCUT2D eigenvalue weighted by Crippen LogP contribution is -2.24. The summed E-state index contributed by atoms with van der Waals surface area (Å²) in [4.78, 5) is 21.7. The second kappa shape index (κ2) is 6.66. The second-order valence-corrected chi connectivity index (χ2v) is 7.45. The molecule has 0 saturated heterocycles. The van der Waals surface area contributed by atoms with Crippen LogP contribution >= 0.6 is 22.7 Å². The predicted octanol–water partition coefficient (Wildman–Crippen LogP) is 3.57. The van der Waals surface area contributed by atoms with Crippen molar-refractivity contribution in [2.75, 3.05) is 14.2 Å². The highest BCUT2D eigenvalue weighted by Gasteiger charge is 2.38. The van der Waals surface area contributed by atoms with Gasteiger partial charge >= 0.3 is 0 Å². The number of ketones is 1. The van der Waals surface area contributed by atoms with E-state index in [1.165, 1.54) is 26.6 Å². The van der Waals surface area contributed by atoms with Gasteiger partial charge in [-0.3, -0.25) is 4.79 Å². The van der Waals surface area contributed by atoms with Crippen LogP contribution in [0.3, 0.4) is 0 Å². The van der Waals surface area contributed by atoms with E-state index in [0.29, 0.717) is 14.9 Å². The van der Waals surface area contributed by atoms with Gasteiger partial charge in [0.1, 0.15) is 10.8 Å². The number of Topliss-reactive ketones (excluding diaryl/α,β-unsaturated/α-hetero) is 1. The summed E-state index contributed by atoms with van der Waals surface area (Å²) in [7, 11) is 2.88. The van der Waals surface area contributed by atoms with Crippen molar-refractivity contribution >= 4 is 34.2 Å². The van der Waals surface area contributed by atoms with Crippen LogP contribution in [0.25, 0.3) is 5.76 Å². The van der Waals surface area contributed by atoms with Gasteiger partial charge in [-0.15, -0.1) is 22.7 Å². The Hall–Kier alpha value is -1.71. The molecule has 0 amide bonds. The standard InChI is InChI=1S/C15H14F2N2O3S2/c1-21-7-12-19-5-9(23-12)13(20)8-3-15(16,17)4-11-18-6-10(24-11)14(8)22-2/h5-6H,3-4,7H2,1-2H3/b14-8+. The fourth-order valence-electron chi connectivity index (χ4n) is 2.43. The number of hydrogen-bond acceptors (Lipinski definition) is 7. The molecule has 1 aliphatic rings. The van der Waals surface area contributed by atoms with Crippen molar-refractivity contribution in [3.05, 3.63) is 37.7 Å². The SMILES string of the molecule is COCc1ncc(C(=O)/C2=C(/OC)c3cnc(s3)CC(F)(F)C2)s1. The zero-order valence-electron chi connectivity index (χ0n) is 13.0. The Morgan fingerprint density at radius 3 is 2.75 bits per heavy atom. The van der Waals surface area contributed by atoms with Crippen LogP contribution in [0.4, 0.5) is 8.78 Å². The number of rotatable bonds is 5. The van der Waals surface area contributed by atoms with E-state index >= 15 is 0 Å². The smallest absolute Gasteiger partial charge is 0.258 e. The number of ether oxygens (including phenoxy) is 2. The molecule has 0 saturated carbocycles. The summed E-state index contributed by atoms with van der Waals surface area (Å²) in [6.07, 6.45) is 1.68. The van der Waals surface area contributed by atoms with Crippen LogP contribution in [0.15, 0.2) is 18.0 Å². The number of methoxy groups -OCH3 is 2. The first-order valence-electron chi connectivity index (χ1n) is 7.02. The number of carbonyl (C=O) groups excluding carboxylic acids is 1. The number of alkyl halides is 2. The number of nitrogens with zero attached hydrogens (tertiary/aromatic N) is 2. The van der Waals surface area contributed by atoms with Gasteiger partial charge < -0.3 is 9.47 Å². The van der Waals surface area contributed by atoms with Crippen molar-refractivity contribution in [3.8, 4) is 0 Å². The molecule has 128 valence electrons. The van der Waals surface area contributed by atoms with Gasteiger partial charge in [0, 0.05) is 25.9 Å². The Morgan fingerprint density at radius 1 is 1.25 bits per heavy atom. The van der Waals surface area contributed by atoms with Gasteiger partial charge in [-0.05, 0) is 0 Å². The first-order valence-corrected chi connectivity index (χ1v) is 8.65. The molecule has 3 heterocycles. The molecule has 0 unspecified atom stereocenters. The van der Waals surface area contributed by atoms with Gasteiger partial charge in [0.05, 0.1) is 40.5 Å². The van der Waals surface area contributed by atoms with Crippen molar-refractivity contribution in [1.29, 1.82) is 0 Å². The summed E-state index contributed by atoms with van der Waals surface area (Å²) in [5, 5.41) is 0.939. The Balaban J connectivity index is 2.05. The normalized spacial score (nSPS) is 19.7. The highest BCUT2D eigenvalue weighted by Crippen LogP contribution is 2.39. The van der Waals surface area contributed by atoms with Crippen molar-refractivity contribution < 1.29 is 23.0 Å². The molecule has 0 atom stereocenters. The highest BCUT2D eigenvalue weighted by atomic mass is 32.1. The maximum atomic E-state index is 14.3. The lowest BCUT2D eigenvalue weighted by Gasteiger charge is -2.20. The Kier molecular flexibility index (Phi) is 4.75. The van der Waals surface area contributed by atoms with Gasteiger partial charge in [-0.25, -0.2) is 18.7 Å². The number of fused-ring (bicyclic) bond motifs is 2. The number of carbonyl (C=O) groups is 1. The van der Waals surface area contributed by atoms with Crippen molar-refractivity contribution in [2.45, 2.75) is 25.4 Å². The number of thiazole rings is 2. The molecule has 2 bridgehead atoms. The summed E-state index contributed by atoms with van der Waals surface area (Å²) in [6, 6.07) is 0. The van der Waals surface area contributed by atoms with Crippen LogP contribution in [-0.2, 0) is 22.5 Å². The van der Waals surface area contributed by atoms with E-state index in [4.69, 9.17) is 9.47 Å². The number of hydrogen-bond donors (Lipinski definition) is 0. The van der Waals surface area contributed by atoms with Gasteiger partial charge in [0.15, 0.2) is 0 Å². The summed E-state index contributed by atoms with van der Waals surface area (Å²) in [5.41, 5.74) is -0.0509. The molecular formula is C15H14F2N2O3S2. The van der Waals surface area contributed by atoms with Crippen LogP contribution in [0.1, 0.15) is 31.0 Å². The molecule has 5 nitrogen and oxygen atoms in total. The lowest BCUT2D eigenvalue weighted by atomic mass is 9.99. The van der Waals surface area contributed by atoms with E-state index in [1.807, 2.05) is 0 Å².